The number of amides is 1. The first-order chi connectivity index (χ1) is 9.49. The lowest BCUT2D eigenvalue weighted by molar-refractivity contribution is -0.384. The van der Waals surface area contributed by atoms with Crippen molar-refractivity contribution in [2.45, 2.75) is 25.8 Å². The molecule has 1 N–H and O–H groups in total. The topological polar surface area (TPSA) is 81.5 Å². The largest absolute Gasteiger partial charge is 0.383 e. The third kappa shape index (κ3) is 4.57. The van der Waals surface area contributed by atoms with Gasteiger partial charge in [-0.2, -0.15) is 0 Å². The van der Waals surface area contributed by atoms with Crippen molar-refractivity contribution in [3.05, 3.63) is 38.3 Å². The van der Waals surface area contributed by atoms with E-state index in [4.69, 9.17) is 4.74 Å². The smallest absolute Gasteiger partial charge is 0.270 e. The summed E-state index contributed by atoms with van der Waals surface area (Å²) in [6.07, 6.45) is 1.69. The molecule has 0 heterocycles. The molecule has 0 saturated heterocycles. The summed E-state index contributed by atoms with van der Waals surface area (Å²) < 4.78 is 5.57. The van der Waals surface area contributed by atoms with Crippen molar-refractivity contribution in [3.63, 3.8) is 0 Å². The number of nitrogens with one attached hydrogen (secondary N) is 1. The number of carbonyl (C=O) groups excluding carboxylic acids is 1. The average Bonchev–Trinajstić information content (AvgIpc) is 2.39. The Kier molecular flexibility index (Phi) is 6.60. The highest BCUT2D eigenvalue weighted by Crippen LogP contribution is 2.22. The van der Waals surface area contributed by atoms with Crippen LogP contribution < -0.4 is 5.32 Å². The van der Waals surface area contributed by atoms with Crippen molar-refractivity contribution < 1.29 is 14.5 Å². The molecule has 0 aliphatic heterocycles. The number of hydrogen-bond acceptors (Lipinski definition) is 4. The Labute approximate surface area is 125 Å². The predicted molar refractivity (Wildman–Crippen MR) is 78.8 cm³/mol. The van der Waals surface area contributed by atoms with E-state index in [2.05, 4.69) is 21.2 Å². The van der Waals surface area contributed by atoms with Crippen molar-refractivity contribution in [2.24, 2.45) is 0 Å². The highest BCUT2D eigenvalue weighted by molar-refractivity contribution is 9.10. The van der Waals surface area contributed by atoms with Gasteiger partial charge in [0.15, 0.2) is 0 Å². The van der Waals surface area contributed by atoms with Crippen LogP contribution in [-0.4, -0.2) is 30.6 Å². The van der Waals surface area contributed by atoms with Gasteiger partial charge < -0.3 is 10.1 Å². The Morgan fingerprint density at radius 2 is 2.25 bits per heavy atom. The maximum Gasteiger partial charge on any atom is 0.270 e. The molecule has 0 aliphatic carbocycles. The van der Waals surface area contributed by atoms with Gasteiger partial charge in [-0.3, -0.25) is 14.9 Å². The summed E-state index contributed by atoms with van der Waals surface area (Å²) >= 11 is 3.23. The number of ether oxygens (including phenoxy) is 1. The lowest BCUT2D eigenvalue weighted by Gasteiger charge is -2.17. The van der Waals surface area contributed by atoms with Gasteiger partial charge in [-0.05, 0) is 28.4 Å². The second-order valence-corrected chi connectivity index (χ2v) is 5.19. The molecule has 1 rings (SSSR count). The van der Waals surface area contributed by atoms with E-state index in [1.165, 1.54) is 18.2 Å². The number of non-ortho nitro benzene ring substituents is 1. The van der Waals surface area contributed by atoms with Gasteiger partial charge in [0.1, 0.15) is 0 Å². The highest BCUT2D eigenvalue weighted by atomic mass is 79.9. The standard InChI is InChI=1S/C13H17BrN2O4/c1-3-4-9(8-20-2)15-13(17)11-7-10(16(18)19)5-6-12(11)14/h5-7,9H,3-4,8H2,1-2H3,(H,15,17). The van der Waals surface area contributed by atoms with E-state index in [0.29, 0.717) is 11.1 Å². The molecule has 0 spiro atoms. The molecular weight excluding hydrogens is 328 g/mol. The summed E-state index contributed by atoms with van der Waals surface area (Å²) in [7, 11) is 1.57. The Bertz CT molecular complexity index is 487. The van der Waals surface area contributed by atoms with Crippen molar-refractivity contribution in [1.29, 1.82) is 0 Å². The molecule has 0 fully saturated rings. The summed E-state index contributed by atoms with van der Waals surface area (Å²) in [5.74, 6) is -0.351. The number of methoxy groups -OCH3 is 1. The molecular formula is C13H17BrN2O4. The van der Waals surface area contributed by atoms with Gasteiger partial charge in [0.2, 0.25) is 0 Å². The van der Waals surface area contributed by atoms with Gasteiger partial charge in [0, 0.05) is 23.7 Å². The zero-order valence-electron chi connectivity index (χ0n) is 11.4. The van der Waals surface area contributed by atoms with Crippen LogP contribution in [0.1, 0.15) is 30.1 Å². The van der Waals surface area contributed by atoms with E-state index in [0.717, 1.165) is 12.8 Å². The zero-order valence-corrected chi connectivity index (χ0v) is 13.0. The molecule has 110 valence electrons. The molecule has 0 bridgehead atoms. The number of carbonyl (C=O) groups is 1. The van der Waals surface area contributed by atoms with Gasteiger partial charge in [0.05, 0.1) is 23.1 Å². The third-order valence-corrected chi connectivity index (χ3v) is 3.44. The Morgan fingerprint density at radius 1 is 1.55 bits per heavy atom. The molecule has 1 unspecified atom stereocenters. The van der Waals surface area contributed by atoms with Crippen LogP contribution in [0.2, 0.25) is 0 Å². The van der Waals surface area contributed by atoms with Crippen molar-refractivity contribution >= 4 is 27.5 Å². The monoisotopic (exact) mass is 344 g/mol. The number of halogens is 1. The fourth-order valence-corrected chi connectivity index (χ4v) is 2.24. The number of benzene rings is 1. The van der Waals surface area contributed by atoms with E-state index in [9.17, 15) is 14.9 Å². The summed E-state index contributed by atoms with van der Waals surface area (Å²) in [5.41, 5.74) is 0.133. The predicted octanol–water partition coefficient (Wildman–Crippen LogP) is 2.90. The first-order valence-corrected chi connectivity index (χ1v) is 7.02. The minimum absolute atomic E-state index is 0.108. The third-order valence-electron chi connectivity index (χ3n) is 2.75. The fourth-order valence-electron chi connectivity index (χ4n) is 1.81. The lowest BCUT2D eigenvalue weighted by atomic mass is 10.1. The molecule has 7 heteroatoms. The van der Waals surface area contributed by atoms with Crippen molar-refractivity contribution in [3.8, 4) is 0 Å². The van der Waals surface area contributed by atoms with E-state index in [1.807, 2.05) is 6.92 Å². The van der Waals surface area contributed by atoms with Crippen LogP contribution in [0.25, 0.3) is 0 Å². The molecule has 0 aliphatic rings. The number of rotatable bonds is 7. The lowest BCUT2D eigenvalue weighted by Crippen LogP contribution is -2.38. The molecule has 1 amide bonds. The second kappa shape index (κ2) is 7.96. The fraction of sp³-hybridized carbons (Fsp3) is 0.462. The Balaban J connectivity index is 2.90. The Morgan fingerprint density at radius 3 is 2.80 bits per heavy atom. The molecule has 1 aromatic carbocycles. The summed E-state index contributed by atoms with van der Waals surface area (Å²) in [6, 6.07) is 4.00. The highest BCUT2D eigenvalue weighted by Gasteiger charge is 2.18. The molecule has 1 atom stereocenters. The van der Waals surface area contributed by atoms with Crippen molar-refractivity contribution in [1.82, 2.24) is 5.32 Å². The second-order valence-electron chi connectivity index (χ2n) is 4.34. The van der Waals surface area contributed by atoms with Crippen LogP contribution in [0.3, 0.4) is 0 Å². The van der Waals surface area contributed by atoms with Crippen LogP contribution >= 0.6 is 15.9 Å². The maximum absolute atomic E-state index is 12.2. The molecule has 0 saturated carbocycles. The summed E-state index contributed by atoms with van der Waals surface area (Å²) in [5, 5.41) is 13.6. The van der Waals surface area contributed by atoms with Crippen LogP contribution in [0.15, 0.2) is 22.7 Å². The van der Waals surface area contributed by atoms with Crippen LogP contribution in [0.4, 0.5) is 5.69 Å². The Hall–Kier alpha value is -1.47. The summed E-state index contributed by atoms with van der Waals surface area (Å²) in [4.78, 5) is 22.4. The van der Waals surface area contributed by atoms with E-state index < -0.39 is 4.92 Å². The van der Waals surface area contributed by atoms with Gasteiger partial charge in [-0.25, -0.2) is 0 Å². The number of nitrogens with zero attached hydrogens (tertiary/aromatic N) is 1. The SMILES string of the molecule is CCCC(COC)NC(=O)c1cc([N+](=O)[O-])ccc1Br. The van der Waals surface area contributed by atoms with E-state index >= 15 is 0 Å². The number of hydrogen-bond donors (Lipinski definition) is 1. The molecule has 0 aromatic heterocycles. The van der Waals surface area contributed by atoms with Crippen molar-refractivity contribution in [2.75, 3.05) is 13.7 Å². The van der Waals surface area contributed by atoms with Crippen LogP contribution in [0.5, 0.6) is 0 Å². The van der Waals surface area contributed by atoms with Gasteiger partial charge in [-0.15, -0.1) is 0 Å². The normalized spacial score (nSPS) is 11.9. The van der Waals surface area contributed by atoms with Gasteiger partial charge in [0.25, 0.3) is 11.6 Å². The quantitative estimate of drug-likeness (QED) is 0.609. The molecule has 1 aromatic rings. The number of nitro groups is 1. The average molecular weight is 345 g/mol. The van der Waals surface area contributed by atoms with E-state index in [-0.39, 0.29) is 23.2 Å². The van der Waals surface area contributed by atoms with Gasteiger partial charge >= 0.3 is 0 Å². The van der Waals surface area contributed by atoms with Crippen LogP contribution in [0, 0.1) is 10.1 Å². The van der Waals surface area contributed by atoms with Crippen LogP contribution in [-0.2, 0) is 4.74 Å². The number of nitro benzene ring substituents is 1. The molecule has 20 heavy (non-hydrogen) atoms. The minimum Gasteiger partial charge on any atom is -0.383 e. The molecule has 6 nitrogen and oxygen atoms in total. The van der Waals surface area contributed by atoms with E-state index in [1.54, 1.807) is 7.11 Å². The maximum atomic E-state index is 12.2. The first-order valence-electron chi connectivity index (χ1n) is 6.23. The zero-order chi connectivity index (χ0) is 15.1. The first kappa shape index (κ1) is 16.6. The summed E-state index contributed by atoms with van der Waals surface area (Å²) in [6.45, 7) is 2.42. The van der Waals surface area contributed by atoms with Gasteiger partial charge in [-0.1, -0.05) is 13.3 Å². The minimum atomic E-state index is -0.526. The molecule has 0 radical (unpaired) electrons.